The third-order valence-electron chi connectivity index (χ3n) is 5.34. The first kappa shape index (κ1) is 20.6. The molecule has 1 aliphatic rings. The topological polar surface area (TPSA) is 64.4 Å². The molecule has 0 spiro atoms. The maximum atomic E-state index is 12.9. The van der Waals surface area contributed by atoms with Crippen molar-refractivity contribution < 1.29 is 14.3 Å². The summed E-state index contributed by atoms with van der Waals surface area (Å²) in [5, 5.41) is 4.31. The summed E-state index contributed by atoms with van der Waals surface area (Å²) in [4.78, 5) is 26.9. The van der Waals surface area contributed by atoms with Gasteiger partial charge in [-0.3, -0.25) is 9.48 Å². The first-order valence-electron chi connectivity index (χ1n) is 10.4. The number of hydrogen-bond acceptors (Lipinski definition) is 4. The maximum Gasteiger partial charge on any atom is 0.331 e. The Balaban J connectivity index is 1.34. The summed E-state index contributed by atoms with van der Waals surface area (Å²) >= 11 is 0. The Kier molecular flexibility index (Phi) is 5.98. The molecule has 0 saturated carbocycles. The Morgan fingerprint density at radius 3 is 2.71 bits per heavy atom. The molecule has 2 aromatic carbocycles. The van der Waals surface area contributed by atoms with Crippen molar-refractivity contribution in [2.45, 2.75) is 39.0 Å². The second-order valence-corrected chi connectivity index (χ2v) is 7.76. The monoisotopic (exact) mass is 415 g/mol. The van der Waals surface area contributed by atoms with Gasteiger partial charge < -0.3 is 9.64 Å². The Morgan fingerprint density at radius 1 is 1.16 bits per heavy atom. The van der Waals surface area contributed by atoms with E-state index in [1.165, 1.54) is 6.08 Å². The van der Waals surface area contributed by atoms with Gasteiger partial charge >= 0.3 is 5.97 Å². The zero-order valence-corrected chi connectivity index (χ0v) is 17.6. The first-order chi connectivity index (χ1) is 15.0. The number of benzene rings is 2. The van der Waals surface area contributed by atoms with E-state index in [1.807, 2.05) is 67.7 Å². The van der Waals surface area contributed by atoms with Crippen LogP contribution < -0.4 is 4.90 Å². The van der Waals surface area contributed by atoms with E-state index in [9.17, 15) is 9.59 Å². The Bertz CT molecular complexity index is 1100. The van der Waals surface area contributed by atoms with Crippen LogP contribution in [0.4, 0.5) is 5.69 Å². The molecule has 0 radical (unpaired) electrons. The van der Waals surface area contributed by atoms with Crippen LogP contribution in [0.15, 0.2) is 73.1 Å². The van der Waals surface area contributed by atoms with E-state index in [0.717, 1.165) is 28.8 Å². The van der Waals surface area contributed by atoms with E-state index in [-0.39, 0.29) is 11.9 Å². The largest absolute Gasteiger partial charge is 0.449 e. The van der Waals surface area contributed by atoms with Crippen molar-refractivity contribution in [1.29, 1.82) is 0 Å². The lowest BCUT2D eigenvalue weighted by atomic mass is 10.1. The average molecular weight is 415 g/mol. The zero-order valence-electron chi connectivity index (χ0n) is 17.6. The van der Waals surface area contributed by atoms with E-state index >= 15 is 0 Å². The highest BCUT2D eigenvalue weighted by Crippen LogP contribution is 2.32. The number of aromatic nitrogens is 2. The zero-order chi connectivity index (χ0) is 21.8. The molecule has 158 valence electrons. The van der Waals surface area contributed by atoms with Gasteiger partial charge in [0.15, 0.2) is 6.10 Å². The number of ether oxygens (including phenoxy) is 1. The average Bonchev–Trinajstić information content (AvgIpc) is 3.35. The summed E-state index contributed by atoms with van der Waals surface area (Å²) in [6.45, 7) is 4.26. The lowest BCUT2D eigenvalue weighted by Gasteiger charge is -2.25. The van der Waals surface area contributed by atoms with Crippen LogP contribution in [-0.4, -0.2) is 33.8 Å². The molecule has 0 aliphatic carbocycles. The summed E-state index contributed by atoms with van der Waals surface area (Å²) in [7, 11) is 0. The molecular weight excluding hydrogens is 390 g/mol. The Labute approximate surface area is 181 Å². The predicted octanol–water partition coefficient (Wildman–Crippen LogP) is 3.85. The molecule has 6 heteroatoms. The SMILES string of the molecule is C[C@H](OC(=O)/C=C/c1cnn(Cc2ccccc2)c1)C(=O)N1c2ccccc2C[C@H]1C. The van der Waals surface area contributed by atoms with Crippen LogP contribution in [0.5, 0.6) is 0 Å². The molecule has 3 aromatic rings. The summed E-state index contributed by atoms with van der Waals surface area (Å²) in [6, 6.07) is 17.9. The van der Waals surface area contributed by atoms with Crippen LogP contribution in [0.1, 0.15) is 30.5 Å². The normalized spacial score (nSPS) is 16.3. The third-order valence-corrected chi connectivity index (χ3v) is 5.34. The molecule has 1 aromatic heterocycles. The number of anilines is 1. The smallest absolute Gasteiger partial charge is 0.331 e. The number of carbonyl (C=O) groups excluding carboxylic acids is 2. The highest BCUT2D eigenvalue weighted by atomic mass is 16.5. The molecular formula is C25H25N3O3. The van der Waals surface area contributed by atoms with Gasteiger partial charge in [0.25, 0.3) is 5.91 Å². The number of carbonyl (C=O) groups is 2. The minimum absolute atomic E-state index is 0.0389. The van der Waals surface area contributed by atoms with E-state index in [1.54, 1.807) is 28.8 Å². The molecule has 0 bridgehead atoms. The maximum absolute atomic E-state index is 12.9. The van der Waals surface area contributed by atoms with Crippen molar-refractivity contribution in [2.24, 2.45) is 0 Å². The molecule has 2 heterocycles. The van der Waals surface area contributed by atoms with Gasteiger partial charge in [0.2, 0.25) is 0 Å². The van der Waals surface area contributed by atoms with Gasteiger partial charge in [0.05, 0.1) is 12.7 Å². The van der Waals surface area contributed by atoms with E-state index < -0.39 is 12.1 Å². The summed E-state index contributed by atoms with van der Waals surface area (Å²) in [6.07, 6.45) is 6.44. The molecule has 1 aliphatic heterocycles. The fourth-order valence-corrected chi connectivity index (χ4v) is 3.85. The number of rotatable bonds is 6. The molecule has 1 amide bonds. The molecule has 2 atom stereocenters. The number of para-hydroxylation sites is 1. The van der Waals surface area contributed by atoms with Crippen LogP contribution in [0, 0.1) is 0 Å². The van der Waals surface area contributed by atoms with Crippen LogP contribution in [0.25, 0.3) is 6.08 Å². The number of fused-ring (bicyclic) bond motifs is 1. The van der Waals surface area contributed by atoms with Crippen LogP contribution in [0.3, 0.4) is 0 Å². The van der Waals surface area contributed by atoms with Gasteiger partial charge in [-0.25, -0.2) is 4.79 Å². The van der Waals surface area contributed by atoms with Gasteiger partial charge in [-0.1, -0.05) is 48.5 Å². The van der Waals surface area contributed by atoms with Crippen molar-refractivity contribution in [1.82, 2.24) is 9.78 Å². The Morgan fingerprint density at radius 2 is 1.90 bits per heavy atom. The van der Waals surface area contributed by atoms with E-state index in [0.29, 0.717) is 6.54 Å². The summed E-state index contributed by atoms with van der Waals surface area (Å²) < 4.78 is 7.17. The highest BCUT2D eigenvalue weighted by molar-refractivity contribution is 6.00. The lowest BCUT2D eigenvalue weighted by Crippen LogP contribution is -2.43. The first-order valence-corrected chi connectivity index (χ1v) is 10.4. The van der Waals surface area contributed by atoms with Gasteiger partial charge in [-0.15, -0.1) is 0 Å². The van der Waals surface area contributed by atoms with Gasteiger partial charge in [-0.05, 0) is 43.5 Å². The quantitative estimate of drug-likeness (QED) is 0.453. The summed E-state index contributed by atoms with van der Waals surface area (Å²) in [5.41, 5.74) is 3.96. The molecule has 0 fully saturated rings. The van der Waals surface area contributed by atoms with Gasteiger partial charge in [-0.2, -0.15) is 5.10 Å². The number of hydrogen-bond donors (Lipinski definition) is 0. The predicted molar refractivity (Wildman–Crippen MR) is 119 cm³/mol. The van der Waals surface area contributed by atoms with E-state index in [4.69, 9.17) is 4.74 Å². The second-order valence-electron chi connectivity index (χ2n) is 7.76. The molecule has 4 rings (SSSR count). The molecule has 31 heavy (non-hydrogen) atoms. The second kappa shape index (κ2) is 9.00. The van der Waals surface area contributed by atoms with Crippen LogP contribution in [-0.2, 0) is 27.3 Å². The van der Waals surface area contributed by atoms with Gasteiger partial charge in [0.1, 0.15) is 0 Å². The van der Waals surface area contributed by atoms with Crippen molar-refractivity contribution in [3.63, 3.8) is 0 Å². The van der Waals surface area contributed by atoms with E-state index in [2.05, 4.69) is 5.10 Å². The minimum atomic E-state index is -0.869. The summed E-state index contributed by atoms with van der Waals surface area (Å²) in [5.74, 6) is -0.772. The fourth-order valence-electron chi connectivity index (χ4n) is 3.85. The Hall–Kier alpha value is -3.67. The number of esters is 1. The number of amides is 1. The van der Waals surface area contributed by atoms with Crippen molar-refractivity contribution in [2.75, 3.05) is 4.90 Å². The molecule has 0 saturated heterocycles. The molecule has 6 nitrogen and oxygen atoms in total. The lowest BCUT2D eigenvalue weighted by molar-refractivity contribution is -0.149. The molecule has 0 N–H and O–H groups in total. The van der Waals surface area contributed by atoms with Crippen molar-refractivity contribution >= 4 is 23.6 Å². The van der Waals surface area contributed by atoms with Crippen LogP contribution >= 0.6 is 0 Å². The van der Waals surface area contributed by atoms with Gasteiger partial charge in [0, 0.05) is 29.6 Å². The van der Waals surface area contributed by atoms with Crippen molar-refractivity contribution in [3.05, 3.63) is 89.8 Å². The van der Waals surface area contributed by atoms with Crippen molar-refractivity contribution in [3.8, 4) is 0 Å². The number of nitrogens with zero attached hydrogens (tertiary/aromatic N) is 3. The standard InChI is InChI=1S/C25H25N3O3/c1-18-14-22-10-6-7-11-23(22)28(18)25(30)19(2)31-24(29)13-12-21-15-26-27(17-21)16-20-8-4-3-5-9-20/h3-13,15,17-19H,14,16H2,1-2H3/b13-12+/t18-,19+/m1/s1. The fraction of sp³-hybridized carbons (Fsp3) is 0.240. The molecule has 0 unspecified atom stereocenters. The highest BCUT2D eigenvalue weighted by Gasteiger charge is 2.34. The van der Waals surface area contributed by atoms with Crippen LogP contribution in [0.2, 0.25) is 0 Å². The third kappa shape index (κ3) is 4.74. The minimum Gasteiger partial charge on any atom is -0.449 e.